The number of hydrogen-bond donors (Lipinski definition) is 2. The van der Waals surface area contributed by atoms with Gasteiger partial charge >= 0.3 is 0 Å². The van der Waals surface area contributed by atoms with Crippen LogP contribution in [0, 0.1) is 5.92 Å². The van der Waals surface area contributed by atoms with Crippen LogP contribution in [0.1, 0.15) is 13.8 Å². The third-order valence-electron chi connectivity index (χ3n) is 0.918. The topological polar surface area (TPSA) is 55.2 Å². The lowest BCUT2D eigenvalue weighted by Crippen LogP contribution is -2.03. The highest BCUT2D eigenvalue weighted by atomic mass is 32.2. The summed E-state index contributed by atoms with van der Waals surface area (Å²) >= 11 is 1.88. The second kappa shape index (κ2) is 8.27. The van der Waals surface area contributed by atoms with Crippen LogP contribution in [-0.4, -0.2) is 23.2 Å². The van der Waals surface area contributed by atoms with Crippen LogP contribution in [-0.2, 0) is 0 Å². The second-order valence-corrected chi connectivity index (χ2v) is 3.27. The summed E-state index contributed by atoms with van der Waals surface area (Å²) in [6.45, 7) is 4.52. The molecule has 3 heteroatoms. The lowest BCUT2D eigenvalue weighted by Gasteiger charge is -2.03. The molecule has 4 N–H and O–H groups in total. The summed E-state index contributed by atoms with van der Waals surface area (Å²) in [5, 5.41) is 8.55. The van der Waals surface area contributed by atoms with Crippen molar-refractivity contribution in [2.45, 2.75) is 13.8 Å². The SMILES string of the molecule is CCSCC(C)CO.N. The minimum Gasteiger partial charge on any atom is -0.396 e. The van der Waals surface area contributed by atoms with Crippen LogP contribution in [0.2, 0.25) is 0 Å². The molecule has 0 heterocycles. The molecular formula is C6H17NOS. The predicted octanol–water partition coefficient (Wildman–Crippen LogP) is 1.53. The first-order valence-corrected chi connectivity index (χ1v) is 4.15. The molecule has 0 amide bonds. The summed E-state index contributed by atoms with van der Waals surface area (Å²) in [6.07, 6.45) is 0. The highest BCUT2D eigenvalue weighted by Crippen LogP contribution is 2.05. The Morgan fingerprint density at radius 3 is 2.44 bits per heavy atom. The molecule has 0 saturated heterocycles. The van der Waals surface area contributed by atoms with Crippen molar-refractivity contribution in [1.29, 1.82) is 0 Å². The number of aliphatic hydroxyl groups excluding tert-OH is 1. The Kier molecular flexibility index (Phi) is 11.0. The van der Waals surface area contributed by atoms with E-state index < -0.39 is 0 Å². The molecule has 0 aliphatic carbocycles. The summed E-state index contributed by atoms with van der Waals surface area (Å²) < 4.78 is 0. The Balaban J connectivity index is 0. The van der Waals surface area contributed by atoms with Crippen LogP contribution in [0.4, 0.5) is 0 Å². The quantitative estimate of drug-likeness (QED) is 0.640. The Morgan fingerprint density at radius 1 is 1.56 bits per heavy atom. The molecule has 2 nitrogen and oxygen atoms in total. The zero-order valence-corrected chi connectivity index (χ0v) is 7.08. The van der Waals surface area contributed by atoms with Crippen LogP contribution in [0.15, 0.2) is 0 Å². The van der Waals surface area contributed by atoms with E-state index >= 15 is 0 Å². The van der Waals surface area contributed by atoms with Gasteiger partial charge in [0.2, 0.25) is 0 Å². The van der Waals surface area contributed by atoms with E-state index in [1.165, 1.54) is 0 Å². The molecule has 9 heavy (non-hydrogen) atoms. The molecule has 0 aromatic heterocycles. The smallest absolute Gasteiger partial charge is 0.0464 e. The first-order chi connectivity index (χ1) is 3.81. The lowest BCUT2D eigenvalue weighted by atomic mass is 10.2. The van der Waals surface area contributed by atoms with E-state index in [1.54, 1.807) is 0 Å². The van der Waals surface area contributed by atoms with Crippen LogP contribution in [0.25, 0.3) is 0 Å². The first-order valence-electron chi connectivity index (χ1n) is 2.99. The van der Waals surface area contributed by atoms with Crippen molar-refractivity contribution in [3.63, 3.8) is 0 Å². The van der Waals surface area contributed by atoms with E-state index in [0.29, 0.717) is 12.5 Å². The lowest BCUT2D eigenvalue weighted by molar-refractivity contribution is 0.250. The van der Waals surface area contributed by atoms with Crippen LogP contribution >= 0.6 is 11.8 Å². The fraction of sp³-hybridized carbons (Fsp3) is 1.00. The summed E-state index contributed by atoms with van der Waals surface area (Å²) in [7, 11) is 0. The van der Waals surface area contributed by atoms with Crippen molar-refractivity contribution in [1.82, 2.24) is 6.15 Å². The van der Waals surface area contributed by atoms with Gasteiger partial charge in [-0.3, -0.25) is 0 Å². The zero-order chi connectivity index (χ0) is 6.41. The van der Waals surface area contributed by atoms with E-state index in [-0.39, 0.29) is 6.15 Å². The van der Waals surface area contributed by atoms with Crippen molar-refractivity contribution >= 4 is 11.8 Å². The molecule has 1 unspecified atom stereocenters. The maximum Gasteiger partial charge on any atom is 0.0464 e. The van der Waals surface area contributed by atoms with E-state index in [0.717, 1.165) is 11.5 Å². The number of aliphatic hydroxyl groups is 1. The summed E-state index contributed by atoms with van der Waals surface area (Å²) in [6, 6.07) is 0. The molecular weight excluding hydrogens is 134 g/mol. The Bertz CT molecular complexity index is 52.3. The Labute approximate surface area is 61.6 Å². The normalized spacial score (nSPS) is 12.3. The van der Waals surface area contributed by atoms with Crippen LogP contribution in [0.5, 0.6) is 0 Å². The number of rotatable bonds is 4. The van der Waals surface area contributed by atoms with Crippen molar-refractivity contribution in [3.05, 3.63) is 0 Å². The van der Waals surface area contributed by atoms with E-state index in [9.17, 15) is 0 Å². The van der Waals surface area contributed by atoms with E-state index in [2.05, 4.69) is 13.8 Å². The molecule has 0 saturated carbocycles. The molecule has 0 spiro atoms. The third kappa shape index (κ3) is 8.27. The van der Waals surface area contributed by atoms with Gasteiger partial charge in [-0.25, -0.2) is 0 Å². The molecule has 0 aliphatic rings. The Morgan fingerprint density at radius 2 is 2.11 bits per heavy atom. The standard InChI is InChI=1S/C6H14OS.H3N/c1-3-8-5-6(2)4-7;/h6-7H,3-5H2,1-2H3;1H3. The zero-order valence-electron chi connectivity index (χ0n) is 6.26. The van der Waals surface area contributed by atoms with Crippen molar-refractivity contribution < 1.29 is 5.11 Å². The average Bonchev–Trinajstić information content (AvgIpc) is 1.83. The molecule has 58 valence electrons. The molecule has 0 aromatic carbocycles. The van der Waals surface area contributed by atoms with Gasteiger partial charge < -0.3 is 11.3 Å². The second-order valence-electron chi connectivity index (χ2n) is 1.95. The van der Waals surface area contributed by atoms with Gasteiger partial charge in [-0.15, -0.1) is 0 Å². The molecule has 0 aromatic rings. The van der Waals surface area contributed by atoms with E-state index in [4.69, 9.17) is 5.11 Å². The minimum absolute atomic E-state index is 0. The summed E-state index contributed by atoms with van der Waals surface area (Å²) in [5.41, 5.74) is 0. The highest BCUT2D eigenvalue weighted by molar-refractivity contribution is 7.99. The maximum atomic E-state index is 8.55. The van der Waals surface area contributed by atoms with Crippen LogP contribution < -0.4 is 6.15 Å². The molecule has 0 bridgehead atoms. The van der Waals surface area contributed by atoms with Gasteiger partial charge in [0.05, 0.1) is 0 Å². The average molecular weight is 151 g/mol. The van der Waals surface area contributed by atoms with Gasteiger partial charge in [-0.2, -0.15) is 11.8 Å². The molecule has 0 rings (SSSR count). The van der Waals surface area contributed by atoms with Gasteiger partial charge in [0, 0.05) is 6.61 Å². The molecule has 0 radical (unpaired) electrons. The molecule has 0 aliphatic heterocycles. The van der Waals surface area contributed by atoms with Crippen LogP contribution in [0.3, 0.4) is 0 Å². The largest absolute Gasteiger partial charge is 0.396 e. The Hall–Kier alpha value is 0.270. The molecule has 1 atom stereocenters. The highest BCUT2D eigenvalue weighted by Gasteiger charge is 1.96. The summed E-state index contributed by atoms with van der Waals surface area (Å²) in [4.78, 5) is 0. The van der Waals surface area contributed by atoms with Gasteiger partial charge in [-0.05, 0) is 17.4 Å². The summed E-state index contributed by atoms with van der Waals surface area (Å²) in [5.74, 6) is 2.72. The fourth-order valence-corrected chi connectivity index (χ4v) is 1.12. The van der Waals surface area contributed by atoms with Crippen molar-refractivity contribution in [2.75, 3.05) is 18.1 Å². The first kappa shape index (κ1) is 12.0. The minimum atomic E-state index is 0. The predicted molar refractivity (Wildman–Crippen MR) is 44.3 cm³/mol. The maximum absolute atomic E-state index is 8.55. The van der Waals surface area contributed by atoms with Crippen molar-refractivity contribution in [3.8, 4) is 0 Å². The third-order valence-corrected chi connectivity index (χ3v) is 2.13. The van der Waals surface area contributed by atoms with Gasteiger partial charge in [0.25, 0.3) is 0 Å². The van der Waals surface area contributed by atoms with E-state index in [1.807, 2.05) is 11.8 Å². The number of hydrogen-bond acceptors (Lipinski definition) is 3. The number of thioether (sulfide) groups is 1. The van der Waals surface area contributed by atoms with Gasteiger partial charge in [0.1, 0.15) is 0 Å². The monoisotopic (exact) mass is 151 g/mol. The molecule has 0 fully saturated rings. The van der Waals surface area contributed by atoms with Gasteiger partial charge in [0.15, 0.2) is 0 Å². The van der Waals surface area contributed by atoms with Gasteiger partial charge in [-0.1, -0.05) is 13.8 Å². The van der Waals surface area contributed by atoms with Crippen molar-refractivity contribution in [2.24, 2.45) is 5.92 Å². The fourth-order valence-electron chi connectivity index (χ4n) is 0.372.